The van der Waals surface area contributed by atoms with E-state index in [1.807, 2.05) is 44.2 Å². The second-order valence-electron chi connectivity index (χ2n) is 8.82. The van der Waals surface area contributed by atoms with Crippen molar-refractivity contribution in [3.63, 3.8) is 0 Å². The number of unbranched alkanes of at least 4 members (excludes halogenated alkanes) is 5. The molecule has 0 amide bonds. The molecular formula is C26H35N3O3S. The first kappa shape index (κ1) is 25.1. The minimum absolute atomic E-state index is 0.0333. The summed E-state index contributed by atoms with van der Waals surface area (Å²) < 4.78 is 28.8. The van der Waals surface area contributed by atoms with Crippen molar-refractivity contribution in [1.29, 1.82) is 0 Å². The number of benzene rings is 2. The van der Waals surface area contributed by atoms with E-state index < -0.39 is 10.0 Å². The van der Waals surface area contributed by atoms with Gasteiger partial charge in [-0.3, -0.25) is 9.36 Å². The summed E-state index contributed by atoms with van der Waals surface area (Å²) in [6.07, 6.45) is 6.12. The summed E-state index contributed by atoms with van der Waals surface area (Å²) in [6.45, 7) is 6.15. The second kappa shape index (κ2) is 11.1. The van der Waals surface area contributed by atoms with Gasteiger partial charge in [-0.2, -0.15) is 4.31 Å². The largest absolute Gasteiger partial charge is 0.268 e. The normalized spacial score (nSPS) is 12.0. The van der Waals surface area contributed by atoms with Gasteiger partial charge in [0, 0.05) is 7.05 Å². The third-order valence-electron chi connectivity index (χ3n) is 6.03. The lowest BCUT2D eigenvalue weighted by molar-refractivity contribution is 0.449. The maximum Gasteiger partial charge on any atom is 0.266 e. The zero-order chi connectivity index (χ0) is 24.0. The molecule has 7 heteroatoms. The van der Waals surface area contributed by atoms with Crippen molar-refractivity contribution >= 4 is 20.9 Å². The number of hydrogen-bond acceptors (Lipinski definition) is 4. The highest BCUT2D eigenvalue weighted by atomic mass is 32.2. The van der Waals surface area contributed by atoms with Crippen molar-refractivity contribution in [2.45, 2.75) is 65.8 Å². The van der Waals surface area contributed by atoms with Gasteiger partial charge in [0.2, 0.25) is 10.0 Å². The van der Waals surface area contributed by atoms with E-state index in [0.717, 1.165) is 36.1 Å². The Hall–Kier alpha value is -2.51. The van der Waals surface area contributed by atoms with Gasteiger partial charge >= 0.3 is 0 Å². The monoisotopic (exact) mass is 469 g/mol. The minimum atomic E-state index is -3.46. The highest BCUT2D eigenvalue weighted by Gasteiger charge is 2.22. The van der Waals surface area contributed by atoms with Crippen molar-refractivity contribution < 1.29 is 8.42 Å². The Balaban J connectivity index is 1.92. The molecule has 0 aliphatic rings. The van der Waals surface area contributed by atoms with Crippen LogP contribution in [0, 0.1) is 13.8 Å². The van der Waals surface area contributed by atoms with E-state index in [9.17, 15) is 13.2 Å². The molecular weight excluding hydrogens is 434 g/mol. The molecule has 1 aromatic heterocycles. The number of aryl methyl sites for hydroxylation is 2. The zero-order valence-electron chi connectivity index (χ0n) is 20.2. The molecule has 3 aromatic rings. The molecule has 2 aromatic carbocycles. The minimum Gasteiger partial charge on any atom is -0.268 e. The van der Waals surface area contributed by atoms with E-state index in [0.29, 0.717) is 23.1 Å². The summed E-state index contributed by atoms with van der Waals surface area (Å²) in [7, 11) is -1.89. The van der Waals surface area contributed by atoms with E-state index in [1.54, 1.807) is 23.7 Å². The lowest BCUT2D eigenvalue weighted by Gasteiger charge is -2.21. The Morgan fingerprint density at radius 1 is 0.970 bits per heavy atom. The van der Waals surface area contributed by atoms with Crippen LogP contribution in [0.15, 0.2) is 47.3 Å². The van der Waals surface area contributed by atoms with Gasteiger partial charge in [-0.25, -0.2) is 13.4 Å². The lowest BCUT2D eigenvalue weighted by atomic mass is 10.1. The van der Waals surface area contributed by atoms with Crippen molar-refractivity contribution in [2.75, 3.05) is 12.8 Å². The van der Waals surface area contributed by atoms with E-state index >= 15 is 0 Å². The standard InChI is InChI=1S/C26H35N3O3S/c1-5-6-7-8-9-12-17-33(31,32)28(4)19-25-27-23-14-11-10-13-22(23)26(30)29(25)24-16-15-20(2)18-21(24)3/h10-11,13-16,18H,5-9,12,17,19H2,1-4H3. The van der Waals surface area contributed by atoms with Crippen LogP contribution >= 0.6 is 0 Å². The van der Waals surface area contributed by atoms with Crippen LogP contribution < -0.4 is 5.56 Å². The molecule has 1 heterocycles. The molecule has 0 saturated heterocycles. The molecule has 33 heavy (non-hydrogen) atoms. The summed E-state index contributed by atoms with van der Waals surface area (Å²) in [5, 5.41) is 0.513. The maximum atomic E-state index is 13.5. The predicted octanol–water partition coefficient (Wildman–Crippen LogP) is 5.12. The lowest BCUT2D eigenvalue weighted by Crippen LogP contribution is -2.33. The summed E-state index contributed by atoms with van der Waals surface area (Å²) in [6, 6.07) is 13.1. The molecule has 0 aliphatic heterocycles. The molecule has 6 nitrogen and oxygen atoms in total. The average Bonchev–Trinajstić information content (AvgIpc) is 2.77. The van der Waals surface area contributed by atoms with Crippen LogP contribution in [-0.4, -0.2) is 35.1 Å². The number of rotatable bonds is 11. The van der Waals surface area contributed by atoms with Crippen molar-refractivity contribution in [3.05, 3.63) is 69.8 Å². The molecule has 0 saturated carbocycles. The van der Waals surface area contributed by atoms with E-state index in [2.05, 4.69) is 6.92 Å². The number of sulfonamides is 1. The summed E-state index contributed by atoms with van der Waals surface area (Å²) in [5.74, 6) is 0.524. The molecule has 0 spiro atoms. The number of hydrogen-bond donors (Lipinski definition) is 0. The molecule has 178 valence electrons. The summed E-state index contributed by atoms with van der Waals surface area (Å²) in [5.41, 5.74) is 3.14. The molecule has 0 bridgehead atoms. The van der Waals surface area contributed by atoms with Gasteiger partial charge in [-0.1, -0.05) is 68.9 Å². The van der Waals surface area contributed by atoms with Crippen molar-refractivity contribution in [1.82, 2.24) is 13.9 Å². The average molecular weight is 470 g/mol. The first-order valence-electron chi connectivity index (χ1n) is 11.8. The quantitative estimate of drug-likeness (QED) is 0.365. The highest BCUT2D eigenvalue weighted by molar-refractivity contribution is 7.89. The van der Waals surface area contributed by atoms with Gasteiger partial charge in [0.25, 0.3) is 5.56 Å². The summed E-state index contributed by atoms with van der Waals surface area (Å²) in [4.78, 5) is 18.2. The Kier molecular flexibility index (Phi) is 8.43. The molecule has 0 unspecified atom stereocenters. The first-order chi connectivity index (χ1) is 15.7. The van der Waals surface area contributed by atoms with Crippen LogP contribution in [0.5, 0.6) is 0 Å². The molecule has 0 aliphatic carbocycles. The third-order valence-corrected chi connectivity index (χ3v) is 7.92. The fourth-order valence-electron chi connectivity index (χ4n) is 4.11. The fourth-order valence-corrected chi connectivity index (χ4v) is 5.30. The van der Waals surface area contributed by atoms with Gasteiger partial charge in [-0.05, 0) is 44.0 Å². The van der Waals surface area contributed by atoms with Gasteiger partial charge in [0.05, 0.1) is 28.9 Å². The van der Waals surface area contributed by atoms with Crippen molar-refractivity contribution in [3.8, 4) is 5.69 Å². The molecule has 3 rings (SSSR count). The smallest absolute Gasteiger partial charge is 0.266 e. The third kappa shape index (κ3) is 6.09. The Labute approximate surface area is 197 Å². The van der Waals surface area contributed by atoms with E-state index in [1.165, 1.54) is 17.1 Å². The fraction of sp³-hybridized carbons (Fsp3) is 0.462. The number of para-hydroxylation sites is 1. The molecule has 0 N–H and O–H groups in total. The predicted molar refractivity (Wildman–Crippen MR) is 135 cm³/mol. The zero-order valence-corrected chi connectivity index (χ0v) is 21.0. The number of aromatic nitrogens is 2. The van der Waals surface area contributed by atoms with Gasteiger partial charge < -0.3 is 0 Å². The van der Waals surface area contributed by atoms with Gasteiger partial charge in [0.1, 0.15) is 5.82 Å². The SMILES string of the molecule is CCCCCCCCS(=O)(=O)N(C)Cc1nc2ccccc2c(=O)n1-c1ccc(C)cc1C. The van der Waals surface area contributed by atoms with Crippen LogP contribution in [0.25, 0.3) is 16.6 Å². The van der Waals surface area contributed by atoms with Crippen LogP contribution in [0.4, 0.5) is 0 Å². The second-order valence-corrected chi connectivity index (χ2v) is 11.0. The van der Waals surface area contributed by atoms with Gasteiger partial charge in [0.15, 0.2) is 0 Å². The van der Waals surface area contributed by atoms with Crippen LogP contribution in [0.3, 0.4) is 0 Å². The maximum absolute atomic E-state index is 13.5. The van der Waals surface area contributed by atoms with E-state index in [4.69, 9.17) is 4.98 Å². The van der Waals surface area contributed by atoms with Crippen LogP contribution in [0.2, 0.25) is 0 Å². The first-order valence-corrected chi connectivity index (χ1v) is 13.4. The Bertz CT molecular complexity index is 1270. The molecule has 0 radical (unpaired) electrons. The van der Waals surface area contributed by atoms with Gasteiger partial charge in [-0.15, -0.1) is 0 Å². The Morgan fingerprint density at radius 3 is 2.39 bits per heavy atom. The topological polar surface area (TPSA) is 72.3 Å². The number of fused-ring (bicyclic) bond motifs is 1. The molecule has 0 fully saturated rings. The van der Waals surface area contributed by atoms with Crippen LogP contribution in [0.1, 0.15) is 62.4 Å². The molecule has 0 atom stereocenters. The highest BCUT2D eigenvalue weighted by Crippen LogP contribution is 2.19. The Morgan fingerprint density at radius 2 is 1.67 bits per heavy atom. The van der Waals surface area contributed by atoms with E-state index in [-0.39, 0.29) is 17.9 Å². The van der Waals surface area contributed by atoms with Crippen molar-refractivity contribution in [2.24, 2.45) is 0 Å². The number of nitrogens with zero attached hydrogens (tertiary/aromatic N) is 3. The summed E-state index contributed by atoms with van der Waals surface area (Å²) >= 11 is 0. The van der Waals surface area contributed by atoms with Crippen LogP contribution in [-0.2, 0) is 16.6 Å².